The maximum Gasteiger partial charge on any atom is 0.225 e. The van der Waals surface area contributed by atoms with Crippen molar-refractivity contribution in [3.8, 4) is 0 Å². The van der Waals surface area contributed by atoms with Crippen LogP contribution in [0, 0.1) is 6.92 Å². The Hall–Kier alpha value is -2.00. The number of nitrogens with one attached hydrogen (secondary N) is 2. The highest BCUT2D eigenvalue weighted by molar-refractivity contribution is 6.33. The standard InChI is InChI=1S/C17H17ClN2O/c1-11-6-7-16(14(18)8-11)20-17(21)9-12-10-19-15-5-3-2-4-13(12)15/h2-8,12,19H,9-10H2,1H3,(H,20,21). The first kappa shape index (κ1) is 14.0. The minimum atomic E-state index is -0.00995. The first-order valence-electron chi connectivity index (χ1n) is 7.02. The lowest BCUT2D eigenvalue weighted by Gasteiger charge is -2.12. The predicted molar refractivity (Wildman–Crippen MR) is 87.1 cm³/mol. The van der Waals surface area contributed by atoms with E-state index in [9.17, 15) is 4.79 Å². The maximum absolute atomic E-state index is 12.2. The number of halogens is 1. The molecule has 108 valence electrons. The van der Waals surface area contributed by atoms with Crippen LogP contribution in [0.3, 0.4) is 0 Å². The first-order valence-corrected chi connectivity index (χ1v) is 7.40. The summed E-state index contributed by atoms with van der Waals surface area (Å²) < 4.78 is 0. The van der Waals surface area contributed by atoms with Gasteiger partial charge < -0.3 is 10.6 Å². The molecule has 1 heterocycles. The van der Waals surface area contributed by atoms with Crippen molar-refractivity contribution in [2.45, 2.75) is 19.3 Å². The molecule has 0 radical (unpaired) electrons. The Morgan fingerprint density at radius 3 is 2.95 bits per heavy atom. The van der Waals surface area contributed by atoms with Gasteiger partial charge in [0.2, 0.25) is 5.91 Å². The fourth-order valence-electron chi connectivity index (χ4n) is 2.69. The van der Waals surface area contributed by atoms with Crippen molar-refractivity contribution in [3.05, 3.63) is 58.6 Å². The van der Waals surface area contributed by atoms with Gasteiger partial charge in [-0.2, -0.15) is 0 Å². The zero-order valence-electron chi connectivity index (χ0n) is 11.8. The molecule has 4 heteroatoms. The van der Waals surface area contributed by atoms with Gasteiger partial charge in [-0.15, -0.1) is 0 Å². The average Bonchev–Trinajstić information content (AvgIpc) is 2.85. The van der Waals surface area contributed by atoms with E-state index in [0.717, 1.165) is 17.8 Å². The maximum atomic E-state index is 12.2. The van der Waals surface area contributed by atoms with Crippen LogP contribution in [0.5, 0.6) is 0 Å². The second-order valence-electron chi connectivity index (χ2n) is 5.40. The van der Waals surface area contributed by atoms with Crippen LogP contribution < -0.4 is 10.6 Å². The largest absolute Gasteiger partial charge is 0.384 e. The molecule has 0 fully saturated rings. The number of hydrogen-bond donors (Lipinski definition) is 2. The molecule has 2 aromatic carbocycles. The van der Waals surface area contributed by atoms with Gasteiger partial charge in [-0.1, -0.05) is 35.9 Å². The third-order valence-corrected chi connectivity index (χ3v) is 4.08. The molecule has 3 nitrogen and oxygen atoms in total. The van der Waals surface area contributed by atoms with Crippen molar-refractivity contribution >= 4 is 28.9 Å². The van der Waals surface area contributed by atoms with E-state index >= 15 is 0 Å². The Balaban J connectivity index is 1.68. The Bertz CT molecular complexity index is 684. The highest BCUT2D eigenvalue weighted by Crippen LogP contribution is 2.33. The third kappa shape index (κ3) is 3.03. The summed E-state index contributed by atoms with van der Waals surface area (Å²) >= 11 is 6.14. The molecule has 1 aliphatic heterocycles. The number of aryl methyl sites for hydroxylation is 1. The summed E-state index contributed by atoms with van der Waals surface area (Å²) in [5.41, 5.74) is 4.09. The number of carbonyl (C=O) groups excluding carboxylic acids is 1. The van der Waals surface area contributed by atoms with Crippen molar-refractivity contribution in [2.75, 3.05) is 17.2 Å². The van der Waals surface area contributed by atoms with E-state index in [1.807, 2.05) is 43.3 Å². The van der Waals surface area contributed by atoms with Crippen LogP contribution in [-0.2, 0) is 4.79 Å². The Morgan fingerprint density at radius 1 is 1.33 bits per heavy atom. The van der Waals surface area contributed by atoms with Crippen LogP contribution in [0.1, 0.15) is 23.5 Å². The molecule has 1 unspecified atom stereocenters. The van der Waals surface area contributed by atoms with Crippen LogP contribution in [0.2, 0.25) is 5.02 Å². The highest BCUT2D eigenvalue weighted by Gasteiger charge is 2.24. The minimum absolute atomic E-state index is 0.00995. The summed E-state index contributed by atoms with van der Waals surface area (Å²) in [6, 6.07) is 13.8. The lowest BCUT2D eigenvalue weighted by Crippen LogP contribution is -2.17. The number of rotatable bonds is 3. The fourth-order valence-corrected chi connectivity index (χ4v) is 2.97. The molecule has 1 atom stereocenters. The molecule has 2 aromatic rings. The monoisotopic (exact) mass is 300 g/mol. The second-order valence-corrected chi connectivity index (χ2v) is 5.81. The van der Waals surface area contributed by atoms with E-state index in [1.54, 1.807) is 0 Å². The average molecular weight is 301 g/mol. The van der Waals surface area contributed by atoms with Gasteiger partial charge in [0.25, 0.3) is 0 Å². The van der Waals surface area contributed by atoms with E-state index in [2.05, 4.69) is 16.7 Å². The van der Waals surface area contributed by atoms with Crippen molar-refractivity contribution in [2.24, 2.45) is 0 Å². The molecule has 0 aromatic heterocycles. The molecule has 0 spiro atoms. The molecule has 0 saturated carbocycles. The summed E-state index contributed by atoms with van der Waals surface area (Å²) in [5, 5.41) is 6.81. The molecule has 0 bridgehead atoms. The molecule has 21 heavy (non-hydrogen) atoms. The Kier molecular flexibility index (Phi) is 3.84. The number of benzene rings is 2. The van der Waals surface area contributed by atoms with Crippen molar-refractivity contribution in [1.29, 1.82) is 0 Å². The van der Waals surface area contributed by atoms with E-state index in [0.29, 0.717) is 17.1 Å². The van der Waals surface area contributed by atoms with Gasteiger partial charge in [0.1, 0.15) is 0 Å². The van der Waals surface area contributed by atoms with Gasteiger partial charge in [0.15, 0.2) is 0 Å². The normalized spacial score (nSPS) is 16.2. The lowest BCUT2D eigenvalue weighted by molar-refractivity contribution is -0.116. The number of fused-ring (bicyclic) bond motifs is 1. The Labute approximate surface area is 129 Å². The van der Waals surface area contributed by atoms with Crippen LogP contribution in [0.15, 0.2) is 42.5 Å². The van der Waals surface area contributed by atoms with Crippen molar-refractivity contribution in [3.63, 3.8) is 0 Å². The molecule has 2 N–H and O–H groups in total. The topological polar surface area (TPSA) is 41.1 Å². The van der Waals surface area contributed by atoms with Crippen LogP contribution in [0.4, 0.5) is 11.4 Å². The van der Waals surface area contributed by atoms with Crippen molar-refractivity contribution in [1.82, 2.24) is 0 Å². The van der Waals surface area contributed by atoms with Crippen molar-refractivity contribution < 1.29 is 4.79 Å². The smallest absolute Gasteiger partial charge is 0.225 e. The van der Waals surface area contributed by atoms with Crippen LogP contribution in [0.25, 0.3) is 0 Å². The summed E-state index contributed by atoms with van der Waals surface area (Å²) in [6.45, 7) is 2.77. The lowest BCUT2D eigenvalue weighted by atomic mass is 9.97. The number of amides is 1. The Morgan fingerprint density at radius 2 is 2.14 bits per heavy atom. The van der Waals surface area contributed by atoms with Gasteiger partial charge in [0, 0.05) is 24.6 Å². The van der Waals surface area contributed by atoms with E-state index in [4.69, 9.17) is 11.6 Å². The SMILES string of the molecule is Cc1ccc(NC(=O)CC2CNc3ccccc32)c(Cl)c1. The summed E-state index contributed by atoms with van der Waals surface area (Å²) in [6.07, 6.45) is 0.453. The predicted octanol–water partition coefficient (Wildman–Crippen LogP) is 4.19. The van der Waals surface area contributed by atoms with E-state index in [1.165, 1.54) is 5.56 Å². The van der Waals surface area contributed by atoms with Gasteiger partial charge >= 0.3 is 0 Å². The first-order chi connectivity index (χ1) is 10.1. The van der Waals surface area contributed by atoms with Crippen LogP contribution >= 0.6 is 11.6 Å². The highest BCUT2D eigenvalue weighted by atomic mass is 35.5. The number of hydrogen-bond acceptors (Lipinski definition) is 2. The van der Waals surface area contributed by atoms with E-state index < -0.39 is 0 Å². The molecule has 3 rings (SSSR count). The molecule has 1 amide bonds. The van der Waals surface area contributed by atoms with Gasteiger partial charge in [-0.05, 0) is 36.2 Å². The number of anilines is 2. The summed E-state index contributed by atoms with van der Waals surface area (Å²) in [5.74, 6) is 0.203. The van der Waals surface area contributed by atoms with Gasteiger partial charge in [0.05, 0.1) is 10.7 Å². The fraction of sp³-hybridized carbons (Fsp3) is 0.235. The summed E-state index contributed by atoms with van der Waals surface area (Å²) in [4.78, 5) is 12.2. The summed E-state index contributed by atoms with van der Waals surface area (Å²) in [7, 11) is 0. The molecular formula is C17H17ClN2O. The minimum Gasteiger partial charge on any atom is -0.384 e. The van der Waals surface area contributed by atoms with Gasteiger partial charge in [-0.3, -0.25) is 4.79 Å². The molecular weight excluding hydrogens is 284 g/mol. The zero-order chi connectivity index (χ0) is 14.8. The van der Waals surface area contributed by atoms with Gasteiger partial charge in [-0.25, -0.2) is 0 Å². The second kappa shape index (κ2) is 5.78. The quantitative estimate of drug-likeness (QED) is 0.892. The van der Waals surface area contributed by atoms with E-state index in [-0.39, 0.29) is 11.8 Å². The zero-order valence-corrected chi connectivity index (χ0v) is 12.6. The molecule has 0 aliphatic carbocycles. The molecule has 1 aliphatic rings. The number of para-hydroxylation sites is 1. The number of carbonyl (C=O) groups is 1. The third-order valence-electron chi connectivity index (χ3n) is 3.77. The molecule has 0 saturated heterocycles. The van der Waals surface area contributed by atoms with Crippen LogP contribution in [-0.4, -0.2) is 12.5 Å².